The maximum Gasteiger partial charge on any atom is 0.0161 e. The second-order valence-electron chi connectivity index (χ2n) is 2.52. The van der Waals surface area contributed by atoms with Crippen LogP contribution in [0.4, 0.5) is 0 Å². The molecule has 0 aliphatic carbocycles. The Labute approximate surface area is 69.0 Å². The molecule has 3 heteroatoms. The van der Waals surface area contributed by atoms with Crippen LogP contribution in [-0.4, -0.2) is 37.6 Å². The lowest BCUT2D eigenvalue weighted by molar-refractivity contribution is 0.309. The van der Waals surface area contributed by atoms with Gasteiger partial charge in [0.25, 0.3) is 0 Å². The molecule has 0 unspecified atom stereocenters. The van der Waals surface area contributed by atoms with E-state index < -0.39 is 0 Å². The molecule has 0 spiro atoms. The standard InChI is InChI=1S/C8H19N3/c1-2-6-11(8-5-10)7-3-4-9/h2H,1,3-10H2. The Morgan fingerprint density at radius 1 is 1.18 bits per heavy atom. The van der Waals surface area contributed by atoms with Crippen LogP contribution in [0.2, 0.25) is 0 Å². The van der Waals surface area contributed by atoms with Gasteiger partial charge in [-0.2, -0.15) is 0 Å². The molecule has 0 aromatic heterocycles. The van der Waals surface area contributed by atoms with Crippen molar-refractivity contribution < 1.29 is 0 Å². The molecule has 0 heterocycles. The average Bonchev–Trinajstić information content (AvgIpc) is 2.01. The monoisotopic (exact) mass is 157 g/mol. The van der Waals surface area contributed by atoms with Crippen LogP contribution < -0.4 is 11.5 Å². The van der Waals surface area contributed by atoms with E-state index in [9.17, 15) is 0 Å². The minimum atomic E-state index is 0.707. The van der Waals surface area contributed by atoms with Gasteiger partial charge in [0.15, 0.2) is 0 Å². The first-order chi connectivity index (χ1) is 5.35. The van der Waals surface area contributed by atoms with Crippen LogP contribution in [0, 0.1) is 0 Å². The predicted octanol–water partition coefficient (Wildman–Crippen LogP) is -0.218. The predicted molar refractivity (Wildman–Crippen MR) is 49.4 cm³/mol. The van der Waals surface area contributed by atoms with Gasteiger partial charge in [-0.1, -0.05) is 6.08 Å². The maximum absolute atomic E-state index is 5.42. The summed E-state index contributed by atoms with van der Waals surface area (Å²) in [5.41, 5.74) is 10.8. The molecule has 11 heavy (non-hydrogen) atoms. The largest absolute Gasteiger partial charge is 0.330 e. The van der Waals surface area contributed by atoms with Gasteiger partial charge in [0.2, 0.25) is 0 Å². The lowest BCUT2D eigenvalue weighted by Gasteiger charge is -2.18. The highest BCUT2D eigenvalue weighted by Gasteiger charge is 1.98. The summed E-state index contributed by atoms with van der Waals surface area (Å²) in [4.78, 5) is 2.25. The Morgan fingerprint density at radius 3 is 2.36 bits per heavy atom. The fourth-order valence-electron chi connectivity index (χ4n) is 0.974. The molecule has 0 radical (unpaired) electrons. The first kappa shape index (κ1) is 10.6. The zero-order chi connectivity index (χ0) is 8.53. The van der Waals surface area contributed by atoms with Crippen LogP contribution >= 0.6 is 0 Å². The Bertz CT molecular complexity index is 93.3. The van der Waals surface area contributed by atoms with Crippen LogP contribution in [0.5, 0.6) is 0 Å². The molecule has 0 aromatic carbocycles. The molecular formula is C8H19N3. The average molecular weight is 157 g/mol. The van der Waals surface area contributed by atoms with Gasteiger partial charge in [0.05, 0.1) is 0 Å². The molecule has 0 atom stereocenters. The summed E-state index contributed by atoms with van der Waals surface area (Å²) < 4.78 is 0. The summed E-state index contributed by atoms with van der Waals surface area (Å²) in [5.74, 6) is 0. The maximum atomic E-state index is 5.42. The minimum Gasteiger partial charge on any atom is -0.330 e. The SMILES string of the molecule is C=CCN(CCN)CCCN. The molecule has 0 saturated carbocycles. The van der Waals surface area contributed by atoms with Crippen molar-refractivity contribution in [3.63, 3.8) is 0 Å². The first-order valence-electron chi connectivity index (χ1n) is 4.08. The molecule has 0 aliphatic heterocycles. The Hall–Kier alpha value is -0.380. The Balaban J connectivity index is 3.41. The quantitative estimate of drug-likeness (QED) is 0.502. The van der Waals surface area contributed by atoms with E-state index in [2.05, 4.69) is 11.5 Å². The molecule has 3 nitrogen and oxygen atoms in total. The van der Waals surface area contributed by atoms with Gasteiger partial charge in [-0.25, -0.2) is 0 Å². The van der Waals surface area contributed by atoms with Crippen molar-refractivity contribution in [1.29, 1.82) is 0 Å². The zero-order valence-electron chi connectivity index (χ0n) is 7.13. The van der Waals surface area contributed by atoms with Crippen molar-refractivity contribution in [3.8, 4) is 0 Å². The number of nitrogens with two attached hydrogens (primary N) is 2. The van der Waals surface area contributed by atoms with E-state index in [1.54, 1.807) is 0 Å². The number of hydrogen-bond acceptors (Lipinski definition) is 3. The summed E-state index contributed by atoms with van der Waals surface area (Å²) in [5, 5.41) is 0. The normalized spacial score (nSPS) is 10.5. The summed E-state index contributed by atoms with van der Waals surface area (Å²) in [6, 6.07) is 0. The van der Waals surface area contributed by atoms with Gasteiger partial charge >= 0.3 is 0 Å². The highest BCUT2D eigenvalue weighted by molar-refractivity contribution is 4.73. The summed E-state index contributed by atoms with van der Waals surface area (Å²) >= 11 is 0. The van der Waals surface area contributed by atoms with Crippen LogP contribution in [0.25, 0.3) is 0 Å². The lowest BCUT2D eigenvalue weighted by atomic mass is 10.3. The van der Waals surface area contributed by atoms with E-state index in [0.717, 1.165) is 32.6 Å². The zero-order valence-corrected chi connectivity index (χ0v) is 7.13. The summed E-state index contributed by atoms with van der Waals surface area (Å²) in [7, 11) is 0. The highest BCUT2D eigenvalue weighted by Crippen LogP contribution is 1.89. The van der Waals surface area contributed by atoms with Gasteiger partial charge in [-0.05, 0) is 19.5 Å². The van der Waals surface area contributed by atoms with Crippen molar-refractivity contribution in [2.45, 2.75) is 6.42 Å². The molecule has 0 fully saturated rings. The smallest absolute Gasteiger partial charge is 0.0161 e. The van der Waals surface area contributed by atoms with Gasteiger partial charge in [0.1, 0.15) is 0 Å². The molecule has 0 amide bonds. The number of nitrogens with zero attached hydrogens (tertiary/aromatic N) is 1. The van der Waals surface area contributed by atoms with E-state index in [1.165, 1.54) is 0 Å². The lowest BCUT2D eigenvalue weighted by Crippen LogP contribution is -2.31. The molecule has 0 bridgehead atoms. The van der Waals surface area contributed by atoms with Crippen LogP contribution in [0.1, 0.15) is 6.42 Å². The Morgan fingerprint density at radius 2 is 1.91 bits per heavy atom. The topological polar surface area (TPSA) is 55.3 Å². The fraction of sp³-hybridized carbons (Fsp3) is 0.750. The van der Waals surface area contributed by atoms with Gasteiger partial charge < -0.3 is 11.5 Å². The second kappa shape index (κ2) is 7.72. The molecule has 0 rings (SSSR count). The number of hydrogen-bond donors (Lipinski definition) is 2. The molecule has 66 valence electrons. The fourth-order valence-corrected chi connectivity index (χ4v) is 0.974. The van der Waals surface area contributed by atoms with Gasteiger partial charge in [-0.15, -0.1) is 6.58 Å². The van der Waals surface area contributed by atoms with E-state index in [0.29, 0.717) is 6.54 Å². The first-order valence-corrected chi connectivity index (χ1v) is 4.08. The van der Waals surface area contributed by atoms with Crippen LogP contribution in [0.15, 0.2) is 12.7 Å². The molecular weight excluding hydrogens is 138 g/mol. The molecule has 0 aromatic rings. The van der Waals surface area contributed by atoms with Crippen LogP contribution in [-0.2, 0) is 0 Å². The summed E-state index contributed by atoms with van der Waals surface area (Å²) in [6.45, 7) is 8.01. The third-order valence-corrected chi connectivity index (χ3v) is 1.51. The number of rotatable bonds is 7. The molecule has 0 aliphatic rings. The van der Waals surface area contributed by atoms with Crippen molar-refractivity contribution in [1.82, 2.24) is 4.90 Å². The molecule has 0 saturated heterocycles. The second-order valence-corrected chi connectivity index (χ2v) is 2.52. The summed E-state index contributed by atoms with van der Waals surface area (Å²) in [6.07, 6.45) is 2.93. The van der Waals surface area contributed by atoms with E-state index >= 15 is 0 Å². The molecule has 4 N–H and O–H groups in total. The van der Waals surface area contributed by atoms with Crippen molar-refractivity contribution in [2.24, 2.45) is 11.5 Å². The third-order valence-electron chi connectivity index (χ3n) is 1.51. The Kier molecular flexibility index (Phi) is 7.46. The minimum absolute atomic E-state index is 0.707. The van der Waals surface area contributed by atoms with E-state index in [4.69, 9.17) is 11.5 Å². The van der Waals surface area contributed by atoms with Crippen LogP contribution in [0.3, 0.4) is 0 Å². The highest BCUT2D eigenvalue weighted by atomic mass is 15.1. The third kappa shape index (κ3) is 6.04. The van der Waals surface area contributed by atoms with Crippen molar-refractivity contribution >= 4 is 0 Å². The van der Waals surface area contributed by atoms with E-state index in [1.807, 2.05) is 6.08 Å². The van der Waals surface area contributed by atoms with Crippen molar-refractivity contribution in [3.05, 3.63) is 12.7 Å². The van der Waals surface area contributed by atoms with E-state index in [-0.39, 0.29) is 0 Å². The van der Waals surface area contributed by atoms with Gasteiger partial charge in [-0.3, -0.25) is 4.90 Å². The van der Waals surface area contributed by atoms with Gasteiger partial charge in [0, 0.05) is 19.6 Å². The van der Waals surface area contributed by atoms with Crippen molar-refractivity contribution in [2.75, 3.05) is 32.7 Å².